The zero-order valence-corrected chi connectivity index (χ0v) is 13.4. The molecular formula is C16H23NO3S. The highest BCUT2D eigenvalue weighted by molar-refractivity contribution is 7.08. The van der Waals surface area contributed by atoms with Gasteiger partial charge in [-0.25, -0.2) is 0 Å². The van der Waals surface area contributed by atoms with Crippen LogP contribution in [-0.2, 0) is 9.47 Å². The number of ether oxygens (including phenoxy) is 2. The molecule has 116 valence electrons. The van der Waals surface area contributed by atoms with Gasteiger partial charge in [-0.1, -0.05) is 0 Å². The predicted octanol–water partition coefficient (Wildman–Crippen LogP) is 2.80. The van der Waals surface area contributed by atoms with Crippen molar-refractivity contribution in [2.24, 2.45) is 5.92 Å². The van der Waals surface area contributed by atoms with Gasteiger partial charge in [0.1, 0.15) is 0 Å². The first kappa shape index (κ1) is 15.0. The Bertz CT molecular complexity index is 466. The second-order valence-corrected chi connectivity index (χ2v) is 6.93. The number of carbonyl (C=O) groups is 1. The maximum atomic E-state index is 12.3. The summed E-state index contributed by atoms with van der Waals surface area (Å²) in [5.41, 5.74) is 0.838. The van der Waals surface area contributed by atoms with Crippen LogP contribution in [0.25, 0.3) is 0 Å². The van der Waals surface area contributed by atoms with Gasteiger partial charge in [-0.15, -0.1) is 0 Å². The molecule has 1 amide bonds. The predicted molar refractivity (Wildman–Crippen MR) is 82.7 cm³/mol. The van der Waals surface area contributed by atoms with Crippen molar-refractivity contribution >= 4 is 17.2 Å². The van der Waals surface area contributed by atoms with E-state index in [-0.39, 0.29) is 11.5 Å². The van der Waals surface area contributed by atoms with Crippen LogP contribution >= 0.6 is 11.3 Å². The lowest BCUT2D eigenvalue weighted by Crippen LogP contribution is -2.46. The SMILES string of the molecule is COCC[C@@H]1COC2(CCN(C(=O)c3ccsc3)CC2)C1. The Morgan fingerprint density at radius 1 is 1.52 bits per heavy atom. The Balaban J connectivity index is 1.52. The van der Waals surface area contributed by atoms with Gasteiger partial charge in [-0.3, -0.25) is 4.79 Å². The molecule has 0 bridgehead atoms. The minimum Gasteiger partial charge on any atom is -0.385 e. The van der Waals surface area contributed by atoms with E-state index in [1.807, 2.05) is 21.7 Å². The van der Waals surface area contributed by atoms with Crippen molar-refractivity contribution < 1.29 is 14.3 Å². The van der Waals surface area contributed by atoms with Crippen molar-refractivity contribution in [3.63, 3.8) is 0 Å². The fourth-order valence-electron chi connectivity index (χ4n) is 3.44. The molecule has 1 atom stereocenters. The molecule has 21 heavy (non-hydrogen) atoms. The van der Waals surface area contributed by atoms with Gasteiger partial charge in [0.05, 0.1) is 17.8 Å². The highest BCUT2D eigenvalue weighted by atomic mass is 32.1. The normalized spacial score (nSPS) is 24.6. The summed E-state index contributed by atoms with van der Waals surface area (Å²) < 4.78 is 11.3. The van der Waals surface area contributed by atoms with Crippen LogP contribution in [0.5, 0.6) is 0 Å². The number of piperidine rings is 1. The Morgan fingerprint density at radius 2 is 2.33 bits per heavy atom. The molecule has 1 spiro atoms. The van der Waals surface area contributed by atoms with Crippen molar-refractivity contribution in [3.05, 3.63) is 22.4 Å². The summed E-state index contributed by atoms with van der Waals surface area (Å²) in [5, 5.41) is 3.89. The zero-order chi connectivity index (χ0) is 14.7. The smallest absolute Gasteiger partial charge is 0.254 e. The number of carbonyl (C=O) groups excluding carboxylic acids is 1. The van der Waals surface area contributed by atoms with Crippen LogP contribution in [-0.4, -0.2) is 49.8 Å². The number of amides is 1. The first-order valence-electron chi connectivity index (χ1n) is 7.67. The maximum absolute atomic E-state index is 12.3. The number of hydrogen-bond acceptors (Lipinski definition) is 4. The Labute approximate surface area is 130 Å². The fourth-order valence-corrected chi connectivity index (χ4v) is 4.07. The topological polar surface area (TPSA) is 38.8 Å². The first-order chi connectivity index (χ1) is 10.2. The average molecular weight is 309 g/mol. The number of likely N-dealkylation sites (tertiary alicyclic amines) is 1. The number of thiophene rings is 1. The summed E-state index contributed by atoms with van der Waals surface area (Å²) in [4.78, 5) is 14.3. The van der Waals surface area contributed by atoms with Gasteiger partial charge in [0, 0.05) is 32.2 Å². The number of nitrogens with zero attached hydrogens (tertiary/aromatic N) is 1. The molecule has 0 aliphatic carbocycles. The molecular weight excluding hydrogens is 286 g/mol. The van der Waals surface area contributed by atoms with Gasteiger partial charge in [-0.2, -0.15) is 11.3 Å². The van der Waals surface area contributed by atoms with Crippen LogP contribution in [0, 0.1) is 5.92 Å². The van der Waals surface area contributed by atoms with Gasteiger partial charge < -0.3 is 14.4 Å². The summed E-state index contributed by atoms with van der Waals surface area (Å²) in [6.45, 7) is 3.28. The van der Waals surface area contributed by atoms with Gasteiger partial charge in [0.15, 0.2) is 0 Å². The lowest BCUT2D eigenvalue weighted by Gasteiger charge is -2.38. The molecule has 2 aliphatic rings. The summed E-state index contributed by atoms with van der Waals surface area (Å²) in [5.74, 6) is 0.782. The molecule has 1 aromatic rings. The highest BCUT2D eigenvalue weighted by Crippen LogP contribution is 2.39. The largest absolute Gasteiger partial charge is 0.385 e. The highest BCUT2D eigenvalue weighted by Gasteiger charge is 2.43. The van der Waals surface area contributed by atoms with Gasteiger partial charge >= 0.3 is 0 Å². The molecule has 0 radical (unpaired) electrons. The summed E-state index contributed by atoms with van der Waals surface area (Å²) in [7, 11) is 1.75. The Hall–Kier alpha value is -0.910. The van der Waals surface area contributed by atoms with Crippen LogP contribution in [0.4, 0.5) is 0 Å². The van der Waals surface area contributed by atoms with Crippen molar-refractivity contribution in [1.82, 2.24) is 4.90 Å². The molecule has 2 fully saturated rings. The lowest BCUT2D eigenvalue weighted by atomic mass is 9.84. The second-order valence-electron chi connectivity index (χ2n) is 6.15. The Morgan fingerprint density at radius 3 is 3.00 bits per heavy atom. The quantitative estimate of drug-likeness (QED) is 0.858. The minimum absolute atomic E-state index is 0.0177. The third-order valence-corrected chi connectivity index (χ3v) is 5.43. The van der Waals surface area contributed by atoms with Crippen molar-refractivity contribution in [3.8, 4) is 0 Å². The standard InChI is InChI=1S/C16H23NO3S/c1-19-8-2-13-10-16(20-11-13)4-6-17(7-5-16)15(18)14-3-9-21-12-14/h3,9,12-13H,2,4-8,10-11H2,1H3/t13-/m0/s1. The third-order valence-electron chi connectivity index (χ3n) is 4.75. The van der Waals surface area contributed by atoms with Crippen molar-refractivity contribution in [2.75, 3.05) is 33.4 Å². The number of methoxy groups -OCH3 is 1. The molecule has 0 aromatic carbocycles. The van der Waals surface area contributed by atoms with E-state index in [9.17, 15) is 4.79 Å². The maximum Gasteiger partial charge on any atom is 0.254 e. The summed E-state index contributed by atoms with van der Waals surface area (Å²) in [6.07, 6.45) is 4.13. The van der Waals surface area contributed by atoms with Gasteiger partial charge in [-0.05, 0) is 43.0 Å². The van der Waals surface area contributed by atoms with Crippen molar-refractivity contribution in [1.29, 1.82) is 0 Å². The molecule has 5 heteroatoms. The van der Waals surface area contributed by atoms with E-state index in [0.29, 0.717) is 5.92 Å². The van der Waals surface area contributed by atoms with E-state index < -0.39 is 0 Å². The van der Waals surface area contributed by atoms with Gasteiger partial charge in [0.25, 0.3) is 5.91 Å². The molecule has 0 saturated carbocycles. The summed E-state index contributed by atoms with van der Waals surface area (Å²) >= 11 is 1.57. The van der Waals surface area contributed by atoms with E-state index in [1.165, 1.54) is 0 Å². The molecule has 2 saturated heterocycles. The van der Waals surface area contributed by atoms with Crippen LogP contribution < -0.4 is 0 Å². The Kier molecular flexibility index (Phi) is 4.62. The average Bonchev–Trinajstić information content (AvgIpc) is 3.16. The molecule has 3 rings (SSSR count). The zero-order valence-electron chi connectivity index (χ0n) is 12.5. The van der Waals surface area contributed by atoms with Crippen molar-refractivity contribution in [2.45, 2.75) is 31.3 Å². The third kappa shape index (κ3) is 3.30. The molecule has 3 heterocycles. The molecule has 0 unspecified atom stereocenters. The fraction of sp³-hybridized carbons (Fsp3) is 0.688. The summed E-state index contributed by atoms with van der Waals surface area (Å²) in [6, 6.07) is 1.91. The van der Waals surface area contributed by atoms with E-state index in [1.54, 1.807) is 18.4 Å². The van der Waals surface area contributed by atoms with E-state index in [2.05, 4.69) is 0 Å². The van der Waals surface area contributed by atoms with E-state index in [4.69, 9.17) is 9.47 Å². The lowest BCUT2D eigenvalue weighted by molar-refractivity contribution is -0.0391. The van der Waals surface area contributed by atoms with Gasteiger partial charge in [0.2, 0.25) is 0 Å². The first-order valence-corrected chi connectivity index (χ1v) is 8.61. The second kappa shape index (κ2) is 6.46. The van der Waals surface area contributed by atoms with Crippen LogP contribution in [0.2, 0.25) is 0 Å². The monoisotopic (exact) mass is 309 g/mol. The van der Waals surface area contributed by atoms with Crippen LogP contribution in [0.15, 0.2) is 16.8 Å². The van der Waals surface area contributed by atoms with Crippen LogP contribution in [0.1, 0.15) is 36.0 Å². The number of hydrogen-bond donors (Lipinski definition) is 0. The molecule has 1 aromatic heterocycles. The van der Waals surface area contributed by atoms with Crippen LogP contribution in [0.3, 0.4) is 0 Å². The number of rotatable bonds is 4. The van der Waals surface area contributed by atoms with E-state index >= 15 is 0 Å². The molecule has 0 N–H and O–H groups in total. The van der Waals surface area contributed by atoms with E-state index in [0.717, 1.165) is 57.6 Å². The minimum atomic E-state index is 0.0177. The molecule has 2 aliphatic heterocycles. The molecule has 4 nitrogen and oxygen atoms in total.